The second-order valence-electron chi connectivity index (χ2n) is 8.60. The number of piperazine rings is 1. The van der Waals surface area contributed by atoms with Gasteiger partial charge in [-0.2, -0.15) is 4.98 Å². The molecule has 1 N–H and O–H groups in total. The highest BCUT2D eigenvalue weighted by molar-refractivity contribution is 5.94. The zero-order valence-electron chi connectivity index (χ0n) is 19.2. The van der Waals surface area contributed by atoms with Crippen LogP contribution in [0.3, 0.4) is 0 Å². The molecule has 0 bridgehead atoms. The zero-order chi connectivity index (χ0) is 22.7. The second kappa shape index (κ2) is 9.63. The normalized spacial score (nSPS) is 17.1. The fraction of sp³-hybridized carbons (Fsp3) is 0.400. The number of benzene rings is 2. The molecule has 7 nitrogen and oxygen atoms in total. The summed E-state index contributed by atoms with van der Waals surface area (Å²) in [5, 5.41) is 7.20. The Morgan fingerprint density at radius 2 is 1.66 bits per heavy atom. The van der Waals surface area contributed by atoms with Crippen molar-refractivity contribution < 1.29 is 9.32 Å². The lowest BCUT2D eigenvalue weighted by molar-refractivity contribution is -0.121. The van der Waals surface area contributed by atoms with Crippen molar-refractivity contribution in [3.8, 4) is 11.4 Å². The van der Waals surface area contributed by atoms with Crippen LogP contribution in [0.1, 0.15) is 36.9 Å². The first-order valence-corrected chi connectivity index (χ1v) is 11.2. The quantitative estimate of drug-likeness (QED) is 0.632. The van der Waals surface area contributed by atoms with Crippen LogP contribution in [0.25, 0.3) is 11.4 Å². The molecule has 0 saturated carbocycles. The lowest BCUT2D eigenvalue weighted by Gasteiger charge is -2.39. The molecule has 32 heavy (non-hydrogen) atoms. The highest BCUT2D eigenvalue weighted by atomic mass is 16.5. The van der Waals surface area contributed by atoms with Crippen LogP contribution < -0.4 is 5.32 Å². The van der Waals surface area contributed by atoms with E-state index in [2.05, 4.69) is 39.1 Å². The maximum atomic E-state index is 12.7. The van der Waals surface area contributed by atoms with Crippen molar-refractivity contribution in [1.29, 1.82) is 0 Å². The Labute approximate surface area is 189 Å². The number of hydrogen-bond acceptors (Lipinski definition) is 6. The summed E-state index contributed by atoms with van der Waals surface area (Å²) in [5.41, 5.74) is 4.13. The van der Waals surface area contributed by atoms with E-state index in [1.54, 1.807) is 0 Å². The predicted octanol–water partition coefficient (Wildman–Crippen LogP) is 4.06. The van der Waals surface area contributed by atoms with E-state index in [1.807, 2.05) is 62.4 Å². The van der Waals surface area contributed by atoms with Gasteiger partial charge in [-0.05, 0) is 45.4 Å². The van der Waals surface area contributed by atoms with Crippen LogP contribution in [0.2, 0.25) is 0 Å². The first-order valence-electron chi connectivity index (χ1n) is 11.2. The fourth-order valence-corrected chi connectivity index (χ4v) is 4.03. The van der Waals surface area contributed by atoms with Gasteiger partial charge < -0.3 is 9.84 Å². The van der Waals surface area contributed by atoms with Gasteiger partial charge in [0.15, 0.2) is 0 Å². The van der Waals surface area contributed by atoms with Gasteiger partial charge in [0.05, 0.1) is 12.1 Å². The molecule has 2 aromatic carbocycles. The van der Waals surface area contributed by atoms with Crippen molar-refractivity contribution in [2.24, 2.45) is 0 Å². The summed E-state index contributed by atoms with van der Waals surface area (Å²) in [6.45, 7) is 11.4. The Kier molecular flexibility index (Phi) is 6.67. The van der Waals surface area contributed by atoms with Crippen molar-refractivity contribution in [2.45, 2.75) is 39.8 Å². The minimum absolute atomic E-state index is 0.0248. The lowest BCUT2D eigenvalue weighted by Crippen LogP contribution is -2.53. The SMILES string of the molecule is Cc1ccc(-c2noc(C(C)N3CCN(C(C)C(=O)Nc4cccc(C)c4)CC3)n2)cc1. The molecular formula is C25H31N5O2. The van der Waals surface area contributed by atoms with E-state index in [-0.39, 0.29) is 18.0 Å². The maximum Gasteiger partial charge on any atom is 0.244 e. The summed E-state index contributed by atoms with van der Waals surface area (Å²) in [7, 11) is 0. The molecule has 168 valence electrons. The van der Waals surface area contributed by atoms with E-state index in [4.69, 9.17) is 4.52 Å². The molecule has 2 heterocycles. The van der Waals surface area contributed by atoms with Crippen LogP contribution in [0, 0.1) is 13.8 Å². The largest absolute Gasteiger partial charge is 0.337 e. The van der Waals surface area contributed by atoms with Crippen molar-refractivity contribution in [2.75, 3.05) is 31.5 Å². The molecule has 1 aliphatic rings. The van der Waals surface area contributed by atoms with E-state index in [9.17, 15) is 4.79 Å². The third-order valence-electron chi connectivity index (χ3n) is 6.22. The highest BCUT2D eigenvalue weighted by Crippen LogP contribution is 2.24. The van der Waals surface area contributed by atoms with Gasteiger partial charge in [-0.3, -0.25) is 14.6 Å². The molecule has 4 rings (SSSR count). The Morgan fingerprint density at radius 3 is 2.34 bits per heavy atom. The Balaban J connectivity index is 1.32. The van der Waals surface area contributed by atoms with Gasteiger partial charge in [0.25, 0.3) is 0 Å². The van der Waals surface area contributed by atoms with Gasteiger partial charge in [0.1, 0.15) is 0 Å². The average Bonchev–Trinajstić information content (AvgIpc) is 3.29. The maximum absolute atomic E-state index is 12.7. The third kappa shape index (κ3) is 5.06. The number of aryl methyl sites for hydroxylation is 2. The van der Waals surface area contributed by atoms with Crippen LogP contribution in [-0.2, 0) is 4.79 Å². The molecule has 0 radical (unpaired) electrons. The molecule has 7 heteroatoms. The van der Waals surface area contributed by atoms with Crippen LogP contribution in [0.15, 0.2) is 53.1 Å². The van der Waals surface area contributed by atoms with Crippen molar-refractivity contribution in [3.63, 3.8) is 0 Å². The van der Waals surface area contributed by atoms with Crippen molar-refractivity contribution in [3.05, 3.63) is 65.5 Å². The fourth-order valence-electron chi connectivity index (χ4n) is 4.03. The molecule has 0 spiro atoms. The second-order valence-corrected chi connectivity index (χ2v) is 8.60. The first-order chi connectivity index (χ1) is 15.4. The first kappa shape index (κ1) is 22.2. The van der Waals surface area contributed by atoms with Crippen LogP contribution in [0.5, 0.6) is 0 Å². The van der Waals surface area contributed by atoms with E-state index in [1.165, 1.54) is 5.56 Å². The molecule has 1 aliphatic heterocycles. The number of nitrogens with one attached hydrogen (secondary N) is 1. The number of amides is 1. The Morgan fingerprint density at radius 1 is 0.969 bits per heavy atom. The number of carbonyl (C=O) groups is 1. The molecule has 1 saturated heterocycles. The van der Waals surface area contributed by atoms with Crippen molar-refractivity contribution in [1.82, 2.24) is 19.9 Å². The number of hydrogen-bond donors (Lipinski definition) is 1. The molecule has 1 fully saturated rings. The highest BCUT2D eigenvalue weighted by Gasteiger charge is 2.30. The lowest BCUT2D eigenvalue weighted by atomic mass is 10.1. The van der Waals surface area contributed by atoms with Crippen LogP contribution in [-0.4, -0.2) is 58.1 Å². The topological polar surface area (TPSA) is 74.5 Å². The number of aromatic nitrogens is 2. The molecule has 3 aromatic rings. The van der Waals surface area contributed by atoms with E-state index in [0.29, 0.717) is 11.7 Å². The predicted molar refractivity (Wildman–Crippen MR) is 125 cm³/mol. The van der Waals surface area contributed by atoms with Crippen molar-refractivity contribution >= 4 is 11.6 Å². The van der Waals surface area contributed by atoms with Gasteiger partial charge in [0.2, 0.25) is 17.6 Å². The minimum Gasteiger partial charge on any atom is -0.337 e. The third-order valence-corrected chi connectivity index (χ3v) is 6.22. The summed E-state index contributed by atoms with van der Waals surface area (Å²) >= 11 is 0. The summed E-state index contributed by atoms with van der Waals surface area (Å²) < 4.78 is 5.57. The average molecular weight is 434 g/mol. The summed E-state index contributed by atoms with van der Waals surface area (Å²) in [6.07, 6.45) is 0. The molecular weight excluding hydrogens is 402 g/mol. The number of nitrogens with zero attached hydrogens (tertiary/aromatic N) is 4. The number of carbonyl (C=O) groups excluding carboxylic acids is 1. The molecule has 1 aromatic heterocycles. The number of rotatable bonds is 6. The summed E-state index contributed by atoms with van der Waals surface area (Å²) in [4.78, 5) is 21.9. The van der Waals surface area contributed by atoms with E-state index >= 15 is 0 Å². The number of anilines is 1. The monoisotopic (exact) mass is 433 g/mol. The molecule has 0 aliphatic carbocycles. The van der Waals surface area contributed by atoms with E-state index < -0.39 is 0 Å². The Hall–Kier alpha value is -3.03. The zero-order valence-corrected chi connectivity index (χ0v) is 19.2. The van der Waals surface area contributed by atoms with Gasteiger partial charge in [-0.15, -0.1) is 0 Å². The standard InChI is InChI=1S/C25H31N5O2/c1-17-8-10-21(11-9-17)23-27-25(32-28-23)20(4)30-14-12-29(13-15-30)19(3)24(31)26-22-7-5-6-18(2)16-22/h5-11,16,19-20H,12-15H2,1-4H3,(H,26,31). The van der Waals surface area contributed by atoms with E-state index in [0.717, 1.165) is 43.0 Å². The van der Waals surface area contributed by atoms with Gasteiger partial charge in [-0.25, -0.2) is 0 Å². The smallest absolute Gasteiger partial charge is 0.244 e. The molecule has 1 amide bonds. The van der Waals surface area contributed by atoms with Gasteiger partial charge >= 0.3 is 0 Å². The van der Waals surface area contributed by atoms with Crippen LogP contribution in [0.4, 0.5) is 5.69 Å². The van der Waals surface area contributed by atoms with Gasteiger partial charge in [0, 0.05) is 37.4 Å². The minimum atomic E-state index is -0.190. The van der Waals surface area contributed by atoms with Gasteiger partial charge in [-0.1, -0.05) is 47.1 Å². The van der Waals surface area contributed by atoms with Crippen LogP contribution >= 0.6 is 0 Å². The molecule has 2 unspecified atom stereocenters. The summed E-state index contributed by atoms with van der Waals surface area (Å²) in [6, 6.07) is 15.8. The Bertz CT molecular complexity index is 1050. The molecule has 2 atom stereocenters. The summed E-state index contributed by atoms with van der Waals surface area (Å²) in [5.74, 6) is 1.27.